The van der Waals surface area contributed by atoms with Gasteiger partial charge in [0.2, 0.25) is 5.91 Å². The van der Waals surface area contributed by atoms with E-state index in [0.717, 1.165) is 0 Å². The van der Waals surface area contributed by atoms with Crippen LogP contribution in [0.15, 0.2) is 24.3 Å². The summed E-state index contributed by atoms with van der Waals surface area (Å²) >= 11 is 0. The minimum absolute atomic E-state index is 0.0429. The molecule has 1 unspecified atom stereocenters. The van der Waals surface area contributed by atoms with Gasteiger partial charge >= 0.3 is 0 Å². The molecule has 0 heterocycles. The highest BCUT2D eigenvalue weighted by atomic mass is 33.1. The fourth-order valence-corrected chi connectivity index (χ4v) is 4.48. The predicted molar refractivity (Wildman–Crippen MR) is 140 cm³/mol. The fourth-order valence-electron chi connectivity index (χ4n) is 2.54. The third-order valence-electron chi connectivity index (χ3n) is 4.15. The highest BCUT2D eigenvalue weighted by Crippen LogP contribution is 2.35. The van der Waals surface area contributed by atoms with Crippen LogP contribution in [-0.4, -0.2) is 76.1 Å². The number of amides is 2. The van der Waals surface area contributed by atoms with E-state index in [1.165, 1.54) is 10.8 Å². The molecule has 1 rings (SSSR count). The van der Waals surface area contributed by atoms with E-state index in [0.29, 0.717) is 37.6 Å². The molecule has 1 aromatic rings. The normalized spacial score (nSPS) is 12.4. The Bertz CT molecular complexity index is 813. The summed E-state index contributed by atoms with van der Waals surface area (Å²) in [6.45, 7) is 8.30. The van der Waals surface area contributed by atoms with Gasteiger partial charge in [-0.15, -0.1) is 0 Å². The van der Waals surface area contributed by atoms with Crippen LogP contribution in [0.1, 0.15) is 31.1 Å². The van der Waals surface area contributed by atoms with Crippen molar-refractivity contribution in [1.82, 2.24) is 16.0 Å². The van der Waals surface area contributed by atoms with Crippen molar-refractivity contribution in [2.45, 2.75) is 25.7 Å². The lowest BCUT2D eigenvalue weighted by atomic mass is 10.2. The molecule has 10 heteroatoms. The average molecular weight is 512 g/mol. The van der Waals surface area contributed by atoms with Crippen molar-refractivity contribution in [2.24, 2.45) is 5.92 Å². The largest absolute Gasteiger partial charge is 0.490 e. The maximum atomic E-state index is 12.3. The van der Waals surface area contributed by atoms with Crippen LogP contribution >= 0.6 is 21.6 Å². The molecule has 0 saturated heterocycles. The Kier molecular flexibility index (Phi) is 15.5. The summed E-state index contributed by atoms with van der Waals surface area (Å²) in [6.07, 6.45) is 1.96. The third kappa shape index (κ3) is 13.7. The molecule has 1 aromatic carbocycles. The van der Waals surface area contributed by atoms with Crippen LogP contribution in [0.2, 0.25) is 0 Å². The van der Waals surface area contributed by atoms with Crippen LogP contribution in [0, 0.1) is 17.8 Å². The van der Waals surface area contributed by atoms with Crippen LogP contribution in [-0.2, 0) is 14.3 Å². The first kappa shape index (κ1) is 30.1. The summed E-state index contributed by atoms with van der Waals surface area (Å²) in [5.41, 5.74) is 0.538. The average Bonchev–Trinajstić information content (AvgIpc) is 2.81. The topological polar surface area (TPSA) is 97.9 Å². The summed E-state index contributed by atoms with van der Waals surface area (Å²) in [4.78, 5) is 23.4. The van der Waals surface area contributed by atoms with Crippen molar-refractivity contribution in [2.75, 3.05) is 59.4 Å². The number of carbonyl (C=O) groups excluding carboxylic acids is 2. The molecule has 0 radical (unpaired) electrons. The standard InChI is InChI=1S/C24H37N3O5S2/c1-19(2)8-7-11-26-22(28)17-30-14-15-32-24(3,34-33-5)18-31-21-10-6-9-20(16-21)23(29)27-13-12-25-4/h6,9-10,16,19,25H,11-15,17-18H2,1-5H3,(H,26,28)(H,27,29). The van der Waals surface area contributed by atoms with Crippen LogP contribution in [0.25, 0.3) is 0 Å². The molecule has 34 heavy (non-hydrogen) atoms. The second-order valence-electron chi connectivity index (χ2n) is 7.71. The molecule has 0 aliphatic rings. The van der Waals surface area contributed by atoms with Crippen LogP contribution in [0.3, 0.4) is 0 Å². The Labute approximate surface area is 211 Å². The van der Waals surface area contributed by atoms with Gasteiger partial charge in [-0.3, -0.25) is 9.59 Å². The lowest BCUT2D eigenvalue weighted by molar-refractivity contribution is -0.126. The van der Waals surface area contributed by atoms with Gasteiger partial charge in [0.05, 0.1) is 19.8 Å². The summed E-state index contributed by atoms with van der Waals surface area (Å²) < 4.78 is 17.3. The molecule has 8 nitrogen and oxygen atoms in total. The Morgan fingerprint density at radius 2 is 1.97 bits per heavy atom. The van der Waals surface area contributed by atoms with E-state index in [1.54, 1.807) is 29.0 Å². The van der Waals surface area contributed by atoms with E-state index < -0.39 is 4.93 Å². The lowest BCUT2D eigenvalue weighted by Gasteiger charge is -2.28. The molecule has 0 aliphatic carbocycles. The van der Waals surface area contributed by atoms with Gasteiger partial charge in [-0.05, 0) is 38.4 Å². The smallest absolute Gasteiger partial charge is 0.251 e. The first-order valence-corrected chi connectivity index (χ1v) is 13.7. The molecular weight excluding hydrogens is 474 g/mol. The van der Waals surface area contributed by atoms with E-state index in [9.17, 15) is 9.59 Å². The fraction of sp³-hybridized carbons (Fsp3) is 0.583. The number of hydrogen-bond donors (Lipinski definition) is 3. The Hall–Kier alpha value is -1.90. The molecular formula is C24H37N3O5S2. The van der Waals surface area contributed by atoms with E-state index in [4.69, 9.17) is 14.2 Å². The zero-order valence-electron chi connectivity index (χ0n) is 20.7. The predicted octanol–water partition coefficient (Wildman–Crippen LogP) is 2.55. The van der Waals surface area contributed by atoms with Gasteiger partial charge in [-0.25, -0.2) is 0 Å². The minimum atomic E-state index is -0.636. The second kappa shape index (κ2) is 17.5. The summed E-state index contributed by atoms with van der Waals surface area (Å²) in [6, 6.07) is 7.06. The molecule has 0 fully saturated rings. The van der Waals surface area contributed by atoms with Crippen molar-refractivity contribution in [3.05, 3.63) is 29.8 Å². The van der Waals surface area contributed by atoms with Crippen molar-refractivity contribution < 1.29 is 23.8 Å². The van der Waals surface area contributed by atoms with E-state index in [1.807, 2.05) is 40.1 Å². The number of likely N-dealkylation sites (N-methyl/N-ethyl adjacent to an activating group) is 1. The van der Waals surface area contributed by atoms with Crippen molar-refractivity contribution >= 4 is 33.4 Å². The van der Waals surface area contributed by atoms with Crippen LogP contribution < -0.4 is 20.7 Å². The second-order valence-corrected chi connectivity index (χ2v) is 10.6. The summed E-state index contributed by atoms with van der Waals surface area (Å²) in [5.74, 6) is 6.39. The van der Waals surface area contributed by atoms with E-state index in [-0.39, 0.29) is 37.6 Å². The van der Waals surface area contributed by atoms with Gasteiger partial charge in [0.25, 0.3) is 5.91 Å². The number of nitrogens with one attached hydrogen (secondary N) is 3. The van der Waals surface area contributed by atoms with Crippen molar-refractivity contribution in [1.29, 1.82) is 0 Å². The van der Waals surface area contributed by atoms with Gasteiger partial charge in [-0.1, -0.05) is 53.3 Å². The third-order valence-corrected chi connectivity index (χ3v) is 6.46. The zero-order chi connectivity index (χ0) is 25.2. The highest BCUT2D eigenvalue weighted by molar-refractivity contribution is 8.76. The lowest BCUT2D eigenvalue weighted by Crippen LogP contribution is -2.34. The molecule has 0 aliphatic heterocycles. The van der Waals surface area contributed by atoms with Crippen LogP contribution in [0.4, 0.5) is 0 Å². The molecule has 190 valence electrons. The molecule has 2 amide bonds. The first-order valence-electron chi connectivity index (χ1n) is 11.1. The minimum Gasteiger partial charge on any atom is -0.490 e. The SMILES string of the molecule is CNCCNC(=O)c1cccc(OCC(C)(OCCOCC(=O)NCC#CC(C)C)SSC)c1. The monoisotopic (exact) mass is 511 g/mol. The van der Waals surface area contributed by atoms with Gasteiger partial charge in [0.15, 0.2) is 4.93 Å². The van der Waals surface area contributed by atoms with Crippen molar-refractivity contribution in [3.63, 3.8) is 0 Å². The molecule has 0 bridgehead atoms. The van der Waals surface area contributed by atoms with E-state index in [2.05, 4.69) is 27.8 Å². The molecule has 3 N–H and O–H groups in total. The number of carbonyl (C=O) groups is 2. The van der Waals surface area contributed by atoms with Crippen LogP contribution in [0.5, 0.6) is 5.75 Å². The van der Waals surface area contributed by atoms with Gasteiger partial charge in [0, 0.05) is 24.6 Å². The number of ether oxygens (including phenoxy) is 3. The van der Waals surface area contributed by atoms with E-state index >= 15 is 0 Å². The number of benzene rings is 1. The molecule has 0 saturated carbocycles. The molecule has 1 atom stereocenters. The van der Waals surface area contributed by atoms with Gasteiger partial charge in [-0.2, -0.15) is 0 Å². The quantitative estimate of drug-likeness (QED) is 0.135. The first-order chi connectivity index (χ1) is 16.3. The maximum absolute atomic E-state index is 12.3. The van der Waals surface area contributed by atoms with Gasteiger partial charge in [0.1, 0.15) is 19.0 Å². The maximum Gasteiger partial charge on any atom is 0.251 e. The zero-order valence-corrected chi connectivity index (χ0v) is 22.3. The van der Waals surface area contributed by atoms with Gasteiger partial charge < -0.3 is 30.2 Å². The Balaban J connectivity index is 2.43. The number of rotatable bonds is 16. The number of hydrogen-bond acceptors (Lipinski definition) is 8. The Morgan fingerprint density at radius 1 is 1.18 bits per heavy atom. The summed E-state index contributed by atoms with van der Waals surface area (Å²) in [5, 5.41) is 8.53. The summed E-state index contributed by atoms with van der Waals surface area (Å²) in [7, 11) is 4.94. The molecule has 0 aromatic heterocycles. The highest BCUT2D eigenvalue weighted by Gasteiger charge is 2.27. The Morgan fingerprint density at radius 3 is 2.68 bits per heavy atom. The van der Waals surface area contributed by atoms with Crippen molar-refractivity contribution in [3.8, 4) is 17.6 Å². The molecule has 0 spiro atoms.